The van der Waals surface area contributed by atoms with E-state index in [0.717, 1.165) is 32.5 Å². The van der Waals surface area contributed by atoms with Crippen molar-refractivity contribution in [3.05, 3.63) is 35.4 Å². The highest BCUT2D eigenvalue weighted by Gasteiger charge is 2.26. The van der Waals surface area contributed by atoms with Crippen LogP contribution in [0.15, 0.2) is 24.3 Å². The van der Waals surface area contributed by atoms with Crippen LogP contribution < -0.4 is 0 Å². The summed E-state index contributed by atoms with van der Waals surface area (Å²) >= 11 is 0. The normalized spacial score (nSPS) is 24.9. The van der Waals surface area contributed by atoms with Gasteiger partial charge in [-0.3, -0.25) is 0 Å². The zero-order valence-electron chi connectivity index (χ0n) is 12.5. The Balaban J connectivity index is 1.99. The van der Waals surface area contributed by atoms with Crippen molar-refractivity contribution < 1.29 is 5.11 Å². The second kappa shape index (κ2) is 6.53. The van der Waals surface area contributed by atoms with Crippen LogP contribution >= 0.6 is 0 Å². The minimum absolute atomic E-state index is 0.132. The Bertz CT molecular complexity index is 385. The van der Waals surface area contributed by atoms with Crippen molar-refractivity contribution in [3.63, 3.8) is 0 Å². The Morgan fingerprint density at radius 2 is 1.95 bits per heavy atom. The van der Waals surface area contributed by atoms with E-state index in [0.29, 0.717) is 11.8 Å². The molecule has 2 heteroatoms. The second-order valence-electron chi connectivity index (χ2n) is 6.11. The molecule has 1 aromatic carbocycles. The first kappa shape index (κ1) is 14.5. The molecule has 0 bridgehead atoms. The zero-order chi connectivity index (χ0) is 13.8. The molecule has 19 heavy (non-hydrogen) atoms. The van der Waals surface area contributed by atoms with Crippen molar-refractivity contribution in [1.29, 1.82) is 0 Å². The summed E-state index contributed by atoms with van der Waals surface area (Å²) in [5.41, 5.74) is 2.74. The van der Waals surface area contributed by atoms with Crippen LogP contribution in [0.3, 0.4) is 0 Å². The second-order valence-corrected chi connectivity index (χ2v) is 6.11. The monoisotopic (exact) mass is 261 g/mol. The molecule has 2 nitrogen and oxygen atoms in total. The predicted molar refractivity (Wildman–Crippen MR) is 80.5 cm³/mol. The van der Waals surface area contributed by atoms with Gasteiger partial charge in [0.1, 0.15) is 0 Å². The molecule has 1 aromatic rings. The molecule has 0 radical (unpaired) electrons. The standard InChI is InChI=1S/C17H27NO/c1-4-18-10-9-17(19)16(12-18)11-14-5-7-15(8-6-14)13(2)3/h5-8,13,16-17,19H,4,9-12H2,1-3H3. The molecule has 1 fully saturated rings. The molecule has 1 saturated heterocycles. The molecule has 0 amide bonds. The van der Waals surface area contributed by atoms with E-state index in [-0.39, 0.29) is 6.10 Å². The van der Waals surface area contributed by atoms with Gasteiger partial charge in [-0.2, -0.15) is 0 Å². The van der Waals surface area contributed by atoms with E-state index in [9.17, 15) is 5.11 Å². The van der Waals surface area contributed by atoms with E-state index in [1.165, 1.54) is 11.1 Å². The van der Waals surface area contributed by atoms with Crippen LogP contribution in [0.5, 0.6) is 0 Å². The van der Waals surface area contributed by atoms with E-state index in [2.05, 4.69) is 49.9 Å². The number of rotatable bonds is 4. The molecule has 1 aliphatic heterocycles. The van der Waals surface area contributed by atoms with Gasteiger partial charge in [-0.1, -0.05) is 45.0 Å². The molecule has 0 spiro atoms. The lowest BCUT2D eigenvalue weighted by atomic mass is 9.88. The molecular weight excluding hydrogens is 234 g/mol. The van der Waals surface area contributed by atoms with Crippen LogP contribution in [0, 0.1) is 5.92 Å². The number of benzene rings is 1. The highest BCUT2D eigenvalue weighted by Crippen LogP contribution is 2.22. The summed E-state index contributed by atoms with van der Waals surface area (Å²) in [5.74, 6) is 0.975. The topological polar surface area (TPSA) is 23.5 Å². The molecule has 0 aliphatic carbocycles. The van der Waals surface area contributed by atoms with Gasteiger partial charge in [0.25, 0.3) is 0 Å². The molecule has 0 aromatic heterocycles. The van der Waals surface area contributed by atoms with Crippen molar-refractivity contribution in [1.82, 2.24) is 4.90 Å². The minimum atomic E-state index is -0.132. The third kappa shape index (κ3) is 3.80. The first-order chi connectivity index (χ1) is 9.10. The summed E-state index contributed by atoms with van der Waals surface area (Å²) < 4.78 is 0. The molecule has 106 valence electrons. The minimum Gasteiger partial charge on any atom is -0.393 e. The highest BCUT2D eigenvalue weighted by molar-refractivity contribution is 5.25. The molecule has 1 N–H and O–H groups in total. The van der Waals surface area contributed by atoms with Gasteiger partial charge in [0.15, 0.2) is 0 Å². The molecule has 2 rings (SSSR count). The van der Waals surface area contributed by atoms with Gasteiger partial charge in [0, 0.05) is 19.0 Å². The zero-order valence-corrected chi connectivity index (χ0v) is 12.5. The lowest BCUT2D eigenvalue weighted by Crippen LogP contribution is -2.43. The average molecular weight is 261 g/mol. The number of piperidine rings is 1. The largest absolute Gasteiger partial charge is 0.393 e. The number of aliphatic hydroxyl groups is 1. The maximum atomic E-state index is 10.2. The Kier molecular flexibility index (Phi) is 5.00. The van der Waals surface area contributed by atoms with Gasteiger partial charge in [0.2, 0.25) is 0 Å². The number of hydrogen-bond acceptors (Lipinski definition) is 2. The molecule has 1 heterocycles. The number of nitrogens with zero attached hydrogens (tertiary/aromatic N) is 1. The van der Waals surface area contributed by atoms with E-state index in [1.807, 2.05) is 0 Å². The molecule has 1 aliphatic rings. The van der Waals surface area contributed by atoms with E-state index in [4.69, 9.17) is 0 Å². The predicted octanol–water partition coefficient (Wildman–Crippen LogP) is 3.06. The summed E-state index contributed by atoms with van der Waals surface area (Å²) in [7, 11) is 0. The maximum Gasteiger partial charge on any atom is 0.0596 e. The smallest absolute Gasteiger partial charge is 0.0596 e. The lowest BCUT2D eigenvalue weighted by Gasteiger charge is -2.35. The fourth-order valence-corrected chi connectivity index (χ4v) is 2.92. The average Bonchev–Trinajstić information content (AvgIpc) is 2.42. The van der Waals surface area contributed by atoms with Crippen molar-refractivity contribution in [2.45, 2.75) is 45.6 Å². The number of aliphatic hydroxyl groups excluding tert-OH is 1. The van der Waals surface area contributed by atoms with Crippen molar-refractivity contribution in [3.8, 4) is 0 Å². The molecular formula is C17H27NO. The van der Waals surface area contributed by atoms with Gasteiger partial charge in [0.05, 0.1) is 6.10 Å². The fourth-order valence-electron chi connectivity index (χ4n) is 2.92. The van der Waals surface area contributed by atoms with Crippen molar-refractivity contribution in [2.24, 2.45) is 5.92 Å². The third-order valence-electron chi connectivity index (χ3n) is 4.37. The Labute approximate surface area is 117 Å². The van der Waals surface area contributed by atoms with E-state index in [1.54, 1.807) is 0 Å². The fraction of sp³-hybridized carbons (Fsp3) is 0.647. The highest BCUT2D eigenvalue weighted by atomic mass is 16.3. The quantitative estimate of drug-likeness (QED) is 0.900. The van der Waals surface area contributed by atoms with E-state index < -0.39 is 0 Å². The molecule has 2 atom stereocenters. The van der Waals surface area contributed by atoms with Gasteiger partial charge in [-0.05, 0) is 36.4 Å². The lowest BCUT2D eigenvalue weighted by molar-refractivity contribution is 0.0290. The first-order valence-corrected chi connectivity index (χ1v) is 7.59. The van der Waals surface area contributed by atoms with Crippen LogP contribution in [0.25, 0.3) is 0 Å². The van der Waals surface area contributed by atoms with E-state index >= 15 is 0 Å². The van der Waals surface area contributed by atoms with Gasteiger partial charge in [-0.15, -0.1) is 0 Å². The summed E-state index contributed by atoms with van der Waals surface area (Å²) in [6, 6.07) is 8.92. The van der Waals surface area contributed by atoms with Gasteiger partial charge < -0.3 is 10.0 Å². The van der Waals surface area contributed by atoms with Crippen LogP contribution in [-0.2, 0) is 6.42 Å². The summed E-state index contributed by atoms with van der Waals surface area (Å²) in [4.78, 5) is 2.44. The Morgan fingerprint density at radius 1 is 1.26 bits per heavy atom. The Morgan fingerprint density at radius 3 is 2.53 bits per heavy atom. The van der Waals surface area contributed by atoms with Crippen molar-refractivity contribution >= 4 is 0 Å². The number of hydrogen-bond donors (Lipinski definition) is 1. The molecule has 0 saturated carbocycles. The van der Waals surface area contributed by atoms with Crippen LogP contribution in [0.1, 0.15) is 44.2 Å². The van der Waals surface area contributed by atoms with Crippen molar-refractivity contribution in [2.75, 3.05) is 19.6 Å². The Hall–Kier alpha value is -0.860. The van der Waals surface area contributed by atoms with Gasteiger partial charge in [-0.25, -0.2) is 0 Å². The van der Waals surface area contributed by atoms with Crippen LogP contribution in [0.2, 0.25) is 0 Å². The maximum absolute atomic E-state index is 10.2. The SMILES string of the molecule is CCN1CCC(O)C(Cc2ccc(C(C)C)cc2)C1. The summed E-state index contributed by atoms with van der Waals surface area (Å²) in [5, 5.41) is 10.2. The first-order valence-electron chi connectivity index (χ1n) is 7.59. The molecule has 2 unspecified atom stereocenters. The summed E-state index contributed by atoms with van der Waals surface area (Å²) in [6.07, 6.45) is 1.78. The third-order valence-corrected chi connectivity index (χ3v) is 4.37. The van der Waals surface area contributed by atoms with Gasteiger partial charge >= 0.3 is 0 Å². The number of likely N-dealkylation sites (tertiary alicyclic amines) is 1. The van der Waals surface area contributed by atoms with Crippen LogP contribution in [-0.4, -0.2) is 35.7 Å². The summed E-state index contributed by atoms with van der Waals surface area (Å²) in [6.45, 7) is 9.81. The van der Waals surface area contributed by atoms with Crippen LogP contribution in [0.4, 0.5) is 0 Å².